The van der Waals surface area contributed by atoms with Crippen molar-refractivity contribution in [1.29, 1.82) is 0 Å². The zero-order chi connectivity index (χ0) is 23.5. The summed E-state index contributed by atoms with van der Waals surface area (Å²) in [5.41, 5.74) is 2.46. The zero-order valence-electron chi connectivity index (χ0n) is 19.1. The van der Waals surface area contributed by atoms with Crippen molar-refractivity contribution < 1.29 is 18.8 Å². The van der Waals surface area contributed by atoms with Gasteiger partial charge in [0.25, 0.3) is 0 Å². The highest BCUT2D eigenvalue weighted by Gasteiger charge is 2.38. The zero-order valence-corrected chi connectivity index (χ0v) is 19.1. The van der Waals surface area contributed by atoms with Gasteiger partial charge in [-0.05, 0) is 42.7 Å². The van der Waals surface area contributed by atoms with Crippen molar-refractivity contribution in [2.45, 2.75) is 33.2 Å². The number of hydrogen-bond donors (Lipinski definition) is 1. The van der Waals surface area contributed by atoms with Crippen molar-refractivity contribution in [1.82, 2.24) is 20.4 Å². The monoisotopic (exact) mass is 449 g/mol. The molecule has 3 heterocycles. The van der Waals surface area contributed by atoms with Gasteiger partial charge in [0.05, 0.1) is 18.7 Å². The van der Waals surface area contributed by atoms with E-state index in [1.165, 1.54) is 0 Å². The molecule has 172 valence electrons. The molecule has 1 aromatic carbocycles. The van der Waals surface area contributed by atoms with Gasteiger partial charge >= 0.3 is 0 Å². The van der Waals surface area contributed by atoms with Gasteiger partial charge in [-0.25, -0.2) is 0 Å². The second-order valence-corrected chi connectivity index (χ2v) is 8.50. The van der Waals surface area contributed by atoms with Crippen LogP contribution in [0.1, 0.15) is 37.8 Å². The Balaban J connectivity index is 1.49. The normalized spacial score (nSPS) is 16.8. The summed E-state index contributed by atoms with van der Waals surface area (Å²) in [7, 11) is 1.57. The average Bonchev–Trinajstić information content (AvgIpc) is 3.45. The Labute approximate surface area is 192 Å². The number of hydrogen-bond acceptors (Lipinski definition) is 7. The standard InChI is InChI=1S/C24H27N5O4/c1-14(2)21(24-27-22(28-33-24)16-7-9-25-10-8-16)26-23(31)17-12-20(30)29(13-17)18-11-15(3)5-6-19(18)32-4/h5-11,14,17,21H,12-13H2,1-4H3,(H,26,31). The minimum atomic E-state index is -0.494. The molecule has 9 heteroatoms. The number of amides is 2. The van der Waals surface area contributed by atoms with E-state index in [0.29, 0.717) is 23.2 Å². The van der Waals surface area contributed by atoms with Crippen LogP contribution >= 0.6 is 0 Å². The molecule has 2 unspecified atom stereocenters. The topological polar surface area (TPSA) is 110 Å². The summed E-state index contributed by atoms with van der Waals surface area (Å²) >= 11 is 0. The van der Waals surface area contributed by atoms with Crippen LogP contribution in [-0.4, -0.2) is 40.6 Å². The molecule has 1 saturated heterocycles. The molecular weight excluding hydrogens is 422 g/mol. The van der Waals surface area contributed by atoms with Crippen molar-refractivity contribution in [3.63, 3.8) is 0 Å². The number of nitrogens with zero attached hydrogens (tertiary/aromatic N) is 4. The number of nitrogens with one attached hydrogen (secondary N) is 1. The third kappa shape index (κ3) is 4.72. The van der Waals surface area contributed by atoms with Crippen LogP contribution in [0.4, 0.5) is 5.69 Å². The summed E-state index contributed by atoms with van der Waals surface area (Å²) in [6.07, 6.45) is 3.43. The fourth-order valence-electron chi connectivity index (χ4n) is 3.89. The molecule has 2 amide bonds. The smallest absolute Gasteiger partial charge is 0.249 e. The molecule has 1 fully saturated rings. The van der Waals surface area contributed by atoms with E-state index in [-0.39, 0.29) is 30.7 Å². The molecule has 1 aliphatic rings. The van der Waals surface area contributed by atoms with E-state index in [1.807, 2.05) is 39.0 Å². The van der Waals surface area contributed by atoms with Crippen LogP contribution in [-0.2, 0) is 9.59 Å². The van der Waals surface area contributed by atoms with Gasteiger partial charge < -0.3 is 19.5 Å². The van der Waals surface area contributed by atoms with Crippen molar-refractivity contribution in [3.8, 4) is 17.1 Å². The van der Waals surface area contributed by atoms with E-state index in [9.17, 15) is 9.59 Å². The van der Waals surface area contributed by atoms with E-state index in [0.717, 1.165) is 11.1 Å². The number of pyridine rings is 1. The van der Waals surface area contributed by atoms with Gasteiger partial charge in [-0.3, -0.25) is 14.6 Å². The molecule has 33 heavy (non-hydrogen) atoms. The lowest BCUT2D eigenvalue weighted by atomic mass is 10.0. The van der Waals surface area contributed by atoms with Crippen LogP contribution in [0, 0.1) is 18.8 Å². The second-order valence-electron chi connectivity index (χ2n) is 8.50. The minimum Gasteiger partial charge on any atom is -0.495 e. The quantitative estimate of drug-likeness (QED) is 0.589. The molecule has 0 spiro atoms. The van der Waals surface area contributed by atoms with Crippen LogP contribution in [0.15, 0.2) is 47.2 Å². The van der Waals surface area contributed by atoms with Gasteiger partial charge in [0.15, 0.2) is 0 Å². The first-order chi connectivity index (χ1) is 15.9. The van der Waals surface area contributed by atoms with Crippen LogP contribution < -0.4 is 15.0 Å². The fraction of sp³-hybridized carbons (Fsp3) is 0.375. The van der Waals surface area contributed by atoms with E-state index in [4.69, 9.17) is 9.26 Å². The lowest BCUT2D eigenvalue weighted by Crippen LogP contribution is -2.37. The van der Waals surface area contributed by atoms with Crippen LogP contribution in [0.25, 0.3) is 11.4 Å². The lowest BCUT2D eigenvalue weighted by molar-refractivity contribution is -0.127. The summed E-state index contributed by atoms with van der Waals surface area (Å²) in [6.45, 7) is 6.16. The largest absolute Gasteiger partial charge is 0.495 e. The summed E-state index contributed by atoms with van der Waals surface area (Å²) in [5.74, 6) is 0.534. The first kappa shape index (κ1) is 22.4. The number of anilines is 1. The Morgan fingerprint density at radius 3 is 2.70 bits per heavy atom. The first-order valence-corrected chi connectivity index (χ1v) is 10.9. The molecule has 0 bridgehead atoms. The van der Waals surface area contributed by atoms with E-state index >= 15 is 0 Å². The maximum atomic E-state index is 13.1. The highest BCUT2D eigenvalue weighted by atomic mass is 16.5. The number of carbonyl (C=O) groups excluding carboxylic acids is 2. The molecule has 2 atom stereocenters. The minimum absolute atomic E-state index is 0.00441. The highest BCUT2D eigenvalue weighted by molar-refractivity contribution is 6.01. The number of ether oxygens (including phenoxy) is 1. The number of benzene rings is 1. The molecule has 0 radical (unpaired) electrons. The molecule has 1 N–H and O–H groups in total. The maximum Gasteiger partial charge on any atom is 0.249 e. The van der Waals surface area contributed by atoms with Crippen LogP contribution in [0.5, 0.6) is 5.75 Å². The second kappa shape index (κ2) is 9.40. The summed E-state index contributed by atoms with van der Waals surface area (Å²) in [5, 5.41) is 7.06. The summed E-state index contributed by atoms with van der Waals surface area (Å²) in [4.78, 5) is 36.0. The molecular formula is C24H27N5O4. The molecule has 2 aromatic heterocycles. The highest BCUT2D eigenvalue weighted by Crippen LogP contribution is 2.34. The molecule has 0 aliphatic carbocycles. The average molecular weight is 450 g/mol. The maximum absolute atomic E-state index is 13.1. The number of aromatic nitrogens is 3. The Bertz CT molecular complexity index is 1140. The lowest BCUT2D eigenvalue weighted by Gasteiger charge is -2.22. The SMILES string of the molecule is COc1ccc(C)cc1N1CC(C(=O)NC(c2nc(-c3ccncc3)no2)C(C)C)CC1=O. The van der Waals surface area contributed by atoms with Crippen molar-refractivity contribution in [2.24, 2.45) is 11.8 Å². The predicted molar refractivity (Wildman–Crippen MR) is 121 cm³/mol. The van der Waals surface area contributed by atoms with Crippen LogP contribution in [0.3, 0.4) is 0 Å². The summed E-state index contributed by atoms with van der Waals surface area (Å²) in [6, 6.07) is 8.75. The number of carbonyl (C=O) groups is 2. The van der Waals surface area contributed by atoms with Crippen molar-refractivity contribution in [3.05, 3.63) is 54.2 Å². The van der Waals surface area contributed by atoms with Crippen LogP contribution in [0.2, 0.25) is 0 Å². The fourth-order valence-corrected chi connectivity index (χ4v) is 3.89. The Morgan fingerprint density at radius 1 is 1.24 bits per heavy atom. The third-order valence-electron chi connectivity index (χ3n) is 5.73. The van der Waals surface area contributed by atoms with Crippen molar-refractivity contribution >= 4 is 17.5 Å². The van der Waals surface area contributed by atoms with Gasteiger partial charge in [0.1, 0.15) is 11.8 Å². The van der Waals surface area contributed by atoms with Gasteiger partial charge in [-0.15, -0.1) is 0 Å². The van der Waals surface area contributed by atoms with Gasteiger partial charge in [0.2, 0.25) is 23.5 Å². The Kier molecular flexibility index (Phi) is 6.39. The van der Waals surface area contributed by atoms with Gasteiger partial charge in [0, 0.05) is 30.9 Å². The molecule has 4 rings (SSSR count). The molecule has 9 nitrogen and oxygen atoms in total. The van der Waals surface area contributed by atoms with Crippen molar-refractivity contribution in [2.75, 3.05) is 18.6 Å². The van der Waals surface area contributed by atoms with E-state index in [1.54, 1.807) is 36.5 Å². The van der Waals surface area contributed by atoms with Gasteiger partial charge in [-0.1, -0.05) is 25.1 Å². The van der Waals surface area contributed by atoms with Gasteiger partial charge in [-0.2, -0.15) is 4.98 Å². The predicted octanol–water partition coefficient (Wildman–Crippen LogP) is 3.32. The summed E-state index contributed by atoms with van der Waals surface area (Å²) < 4.78 is 10.9. The molecule has 0 saturated carbocycles. The third-order valence-corrected chi connectivity index (χ3v) is 5.73. The number of rotatable bonds is 7. The number of aryl methyl sites for hydroxylation is 1. The molecule has 3 aromatic rings. The number of methoxy groups -OCH3 is 1. The molecule has 1 aliphatic heterocycles. The Morgan fingerprint density at radius 2 is 2.00 bits per heavy atom. The van der Waals surface area contributed by atoms with E-state index < -0.39 is 12.0 Å². The Hall–Kier alpha value is -3.75. The van der Waals surface area contributed by atoms with E-state index in [2.05, 4.69) is 20.4 Å². The first-order valence-electron chi connectivity index (χ1n) is 10.9.